The largest absolute Gasteiger partial charge is 0.323 e. The molecule has 6 heteroatoms. The number of nitrogens with one attached hydrogen (secondary N) is 1. The Morgan fingerprint density at radius 1 is 1.41 bits per heavy atom. The molecule has 0 aliphatic carbocycles. The van der Waals surface area contributed by atoms with Crippen LogP contribution in [0.25, 0.3) is 0 Å². The lowest BCUT2D eigenvalue weighted by molar-refractivity contribution is -0.118. The Labute approximate surface area is 114 Å². The zero-order valence-corrected chi connectivity index (χ0v) is 11.8. The van der Waals surface area contributed by atoms with Crippen LogP contribution in [0.15, 0.2) is 18.3 Å². The summed E-state index contributed by atoms with van der Waals surface area (Å²) in [5.41, 5.74) is 7.24. The molecule has 1 aromatic heterocycles. The number of hydrogen-bond donors (Lipinski definition) is 2. The molecule has 0 saturated heterocycles. The highest BCUT2D eigenvalue weighted by Gasteiger charge is 2.17. The average molecular weight is 280 g/mol. The van der Waals surface area contributed by atoms with E-state index in [9.17, 15) is 4.79 Å². The lowest BCUT2D eigenvalue weighted by atomic mass is 10.0. The Hall–Kier alpha value is -0.840. The topological polar surface area (TPSA) is 68.0 Å². The third-order valence-electron chi connectivity index (χ3n) is 2.29. The van der Waals surface area contributed by atoms with Crippen molar-refractivity contribution < 1.29 is 4.79 Å². The monoisotopic (exact) mass is 279 g/mol. The van der Waals surface area contributed by atoms with Crippen LogP contribution in [-0.2, 0) is 4.79 Å². The summed E-state index contributed by atoms with van der Waals surface area (Å²) >= 11 is 0. The van der Waals surface area contributed by atoms with E-state index in [-0.39, 0.29) is 36.6 Å². The predicted molar refractivity (Wildman–Crippen MR) is 74.9 cm³/mol. The second-order valence-corrected chi connectivity index (χ2v) is 3.90. The molecular weight excluding hydrogens is 261 g/mol. The minimum absolute atomic E-state index is 0. The van der Waals surface area contributed by atoms with Crippen molar-refractivity contribution in [3.8, 4) is 0 Å². The van der Waals surface area contributed by atoms with E-state index in [2.05, 4.69) is 10.3 Å². The number of amides is 1. The van der Waals surface area contributed by atoms with Crippen LogP contribution < -0.4 is 11.1 Å². The number of pyridine rings is 1. The van der Waals surface area contributed by atoms with Crippen LogP contribution in [0.1, 0.15) is 19.5 Å². The lowest BCUT2D eigenvalue weighted by Crippen LogP contribution is -2.39. The molecule has 0 aromatic carbocycles. The molecule has 1 atom stereocenters. The van der Waals surface area contributed by atoms with Crippen LogP contribution in [0.4, 0.5) is 5.69 Å². The number of aromatic nitrogens is 1. The van der Waals surface area contributed by atoms with Crippen LogP contribution in [0.3, 0.4) is 0 Å². The lowest BCUT2D eigenvalue weighted by Gasteiger charge is -2.15. The van der Waals surface area contributed by atoms with Crippen molar-refractivity contribution in [3.05, 3.63) is 24.0 Å². The SMILES string of the molecule is Cc1ncccc1NC(=O)[C@H](N)C(C)C.Cl.Cl. The fraction of sp³-hybridized carbons (Fsp3) is 0.455. The van der Waals surface area contributed by atoms with Gasteiger partial charge in [-0.2, -0.15) is 0 Å². The van der Waals surface area contributed by atoms with E-state index in [0.29, 0.717) is 0 Å². The fourth-order valence-electron chi connectivity index (χ4n) is 1.14. The summed E-state index contributed by atoms with van der Waals surface area (Å²) in [5, 5.41) is 2.76. The quantitative estimate of drug-likeness (QED) is 0.891. The van der Waals surface area contributed by atoms with Crippen molar-refractivity contribution in [1.29, 1.82) is 0 Å². The first-order valence-electron chi connectivity index (χ1n) is 5.00. The van der Waals surface area contributed by atoms with Crippen molar-refractivity contribution in [2.45, 2.75) is 26.8 Å². The number of aryl methyl sites for hydroxylation is 1. The van der Waals surface area contributed by atoms with Gasteiger partial charge in [0, 0.05) is 6.20 Å². The summed E-state index contributed by atoms with van der Waals surface area (Å²) in [4.78, 5) is 15.7. The Morgan fingerprint density at radius 3 is 2.47 bits per heavy atom. The van der Waals surface area contributed by atoms with Gasteiger partial charge in [-0.05, 0) is 25.0 Å². The van der Waals surface area contributed by atoms with Gasteiger partial charge < -0.3 is 11.1 Å². The molecule has 0 saturated carbocycles. The van der Waals surface area contributed by atoms with Gasteiger partial charge in [-0.3, -0.25) is 9.78 Å². The van der Waals surface area contributed by atoms with E-state index < -0.39 is 6.04 Å². The number of carbonyl (C=O) groups is 1. The third kappa shape index (κ3) is 5.35. The fourth-order valence-corrected chi connectivity index (χ4v) is 1.14. The molecule has 17 heavy (non-hydrogen) atoms. The van der Waals surface area contributed by atoms with Crippen LogP contribution >= 0.6 is 24.8 Å². The van der Waals surface area contributed by atoms with Gasteiger partial charge in [-0.25, -0.2) is 0 Å². The average Bonchev–Trinajstić information content (AvgIpc) is 2.20. The molecule has 0 aliphatic heterocycles. The number of hydrogen-bond acceptors (Lipinski definition) is 3. The maximum absolute atomic E-state index is 11.6. The number of nitrogens with zero attached hydrogens (tertiary/aromatic N) is 1. The van der Waals surface area contributed by atoms with Gasteiger partial charge >= 0.3 is 0 Å². The van der Waals surface area contributed by atoms with E-state index in [1.807, 2.05) is 26.8 Å². The molecule has 1 amide bonds. The highest BCUT2D eigenvalue weighted by atomic mass is 35.5. The van der Waals surface area contributed by atoms with Gasteiger partial charge in [0.2, 0.25) is 5.91 Å². The van der Waals surface area contributed by atoms with Gasteiger partial charge in [0.05, 0.1) is 17.4 Å². The maximum Gasteiger partial charge on any atom is 0.241 e. The van der Waals surface area contributed by atoms with Crippen LogP contribution in [0.2, 0.25) is 0 Å². The number of anilines is 1. The molecule has 1 rings (SSSR count). The number of nitrogens with two attached hydrogens (primary N) is 1. The first-order chi connectivity index (χ1) is 7.02. The second kappa shape index (κ2) is 8.28. The predicted octanol–water partition coefficient (Wildman–Crippen LogP) is 2.16. The van der Waals surface area contributed by atoms with E-state index in [0.717, 1.165) is 11.4 Å². The summed E-state index contributed by atoms with van der Waals surface area (Å²) in [6.45, 7) is 5.68. The summed E-state index contributed by atoms with van der Waals surface area (Å²) in [6.07, 6.45) is 1.69. The summed E-state index contributed by atoms with van der Waals surface area (Å²) in [5.74, 6) is -0.0388. The van der Waals surface area contributed by atoms with Gasteiger partial charge in [0.25, 0.3) is 0 Å². The third-order valence-corrected chi connectivity index (χ3v) is 2.29. The summed E-state index contributed by atoms with van der Waals surface area (Å²) in [6, 6.07) is 3.11. The molecule has 0 radical (unpaired) electrons. The molecule has 0 fully saturated rings. The standard InChI is InChI=1S/C11H17N3O.2ClH/c1-7(2)10(12)11(15)14-9-5-4-6-13-8(9)3;;/h4-7,10H,12H2,1-3H3,(H,14,15);2*1H/t10-;;/m1../s1. The van der Waals surface area contributed by atoms with Crippen molar-refractivity contribution in [1.82, 2.24) is 4.98 Å². The van der Waals surface area contributed by atoms with Gasteiger partial charge in [0.15, 0.2) is 0 Å². The highest BCUT2D eigenvalue weighted by Crippen LogP contribution is 2.11. The second-order valence-electron chi connectivity index (χ2n) is 3.90. The van der Waals surface area contributed by atoms with Crippen molar-refractivity contribution in [3.63, 3.8) is 0 Å². The molecule has 0 aliphatic rings. The minimum Gasteiger partial charge on any atom is -0.323 e. The van der Waals surface area contributed by atoms with Gasteiger partial charge in [-0.15, -0.1) is 24.8 Å². The zero-order valence-electron chi connectivity index (χ0n) is 10.1. The Balaban J connectivity index is 0. The van der Waals surface area contributed by atoms with Crippen molar-refractivity contribution >= 4 is 36.4 Å². The van der Waals surface area contributed by atoms with Crippen molar-refractivity contribution in [2.24, 2.45) is 11.7 Å². The van der Waals surface area contributed by atoms with Crippen LogP contribution in [0.5, 0.6) is 0 Å². The first-order valence-corrected chi connectivity index (χ1v) is 5.00. The minimum atomic E-state index is -0.482. The van der Waals surface area contributed by atoms with E-state index in [4.69, 9.17) is 5.73 Å². The summed E-state index contributed by atoms with van der Waals surface area (Å²) < 4.78 is 0. The molecule has 1 aromatic rings. The molecule has 0 unspecified atom stereocenters. The molecular formula is C11H19Cl2N3O. The Bertz CT molecular complexity index is 358. The van der Waals surface area contributed by atoms with Crippen LogP contribution in [-0.4, -0.2) is 16.9 Å². The Morgan fingerprint density at radius 2 is 2.00 bits per heavy atom. The molecule has 98 valence electrons. The first kappa shape index (κ1) is 18.5. The van der Waals surface area contributed by atoms with Crippen LogP contribution in [0, 0.1) is 12.8 Å². The van der Waals surface area contributed by atoms with Gasteiger partial charge in [-0.1, -0.05) is 13.8 Å². The van der Waals surface area contributed by atoms with E-state index >= 15 is 0 Å². The molecule has 1 heterocycles. The highest BCUT2D eigenvalue weighted by molar-refractivity contribution is 5.95. The van der Waals surface area contributed by atoms with Gasteiger partial charge in [0.1, 0.15) is 0 Å². The molecule has 0 spiro atoms. The maximum atomic E-state index is 11.6. The normalized spacial score (nSPS) is 11.1. The summed E-state index contributed by atoms with van der Waals surface area (Å²) in [7, 11) is 0. The van der Waals surface area contributed by atoms with Crippen molar-refractivity contribution in [2.75, 3.05) is 5.32 Å². The number of carbonyl (C=O) groups excluding carboxylic acids is 1. The molecule has 0 bridgehead atoms. The van der Waals surface area contributed by atoms with E-state index in [1.54, 1.807) is 12.3 Å². The molecule has 4 nitrogen and oxygen atoms in total. The number of rotatable bonds is 3. The zero-order chi connectivity index (χ0) is 11.4. The molecule has 3 N–H and O–H groups in total. The number of halogens is 2. The van der Waals surface area contributed by atoms with E-state index in [1.165, 1.54) is 0 Å². The smallest absolute Gasteiger partial charge is 0.241 e. The Kier molecular flexibility index (Phi) is 9.02.